The molecular weight excluding hydrogens is 262 g/mol. The third-order valence-corrected chi connectivity index (χ3v) is 4.71. The second-order valence-electron chi connectivity index (χ2n) is 6.22. The van der Waals surface area contributed by atoms with Crippen molar-refractivity contribution < 1.29 is 0 Å². The Kier molecular flexibility index (Phi) is 4.39. The number of aromatic nitrogens is 1. The molecule has 114 valence electrons. The van der Waals surface area contributed by atoms with Gasteiger partial charge in [0.05, 0.1) is 5.69 Å². The van der Waals surface area contributed by atoms with E-state index >= 15 is 0 Å². The Morgan fingerprint density at radius 3 is 2.62 bits per heavy atom. The smallest absolute Gasteiger partial charge is 0.143 e. The van der Waals surface area contributed by atoms with Crippen LogP contribution in [0.25, 0.3) is 0 Å². The summed E-state index contributed by atoms with van der Waals surface area (Å²) in [4.78, 5) is 9.21. The van der Waals surface area contributed by atoms with Crippen LogP contribution in [-0.2, 0) is 0 Å². The molecule has 3 heterocycles. The van der Waals surface area contributed by atoms with Gasteiger partial charge in [-0.3, -0.25) is 10.4 Å². The number of nitrogens with zero attached hydrogens (tertiary/aromatic N) is 3. The first-order valence-corrected chi connectivity index (χ1v) is 8.01. The summed E-state index contributed by atoms with van der Waals surface area (Å²) in [7, 11) is 0. The van der Waals surface area contributed by atoms with Crippen LogP contribution in [0.15, 0.2) is 18.3 Å². The number of hydrogen-bond donors (Lipinski definition) is 2. The summed E-state index contributed by atoms with van der Waals surface area (Å²) < 4.78 is 0. The van der Waals surface area contributed by atoms with E-state index in [4.69, 9.17) is 11.1 Å². The molecule has 2 aliphatic heterocycles. The lowest BCUT2D eigenvalue weighted by Crippen LogP contribution is -2.39. The van der Waals surface area contributed by atoms with Crippen LogP contribution in [0.4, 0.5) is 5.69 Å². The standard InChI is InChI=1S/C16H25N5/c17-16(18)15-14(4-3-7-19-15)21-10-5-13(6-11-21)12-20-8-1-2-9-20/h3-4,7,13H,1-2,5-6,8-12H2,(H3,17,18). The first-order valence-electron chi connectivity index (χ1n) is 8.01. The molecule has 3 rings (SSSR count). The van der Waals surface area contributed by atoms with Crippen LogP contribution in [0.2, 0.25) is 0 Å². The maximum Gasteiger partial charge on any atom is 0.143 e. The van der Waals surface area contributed by atoms with Crippen LogP contribution in [0.5, 0.6) is 0 Å². The summed E-state index contributed by atoms with van der Waals surface area (Å²) >= 11 is 0. The Morgan fingerprint density at radius 2 is 1.95 bits per heavy atom. The number of nitrogen functional groups attached to an aromatic ring is 1. The predicted octanol–water partition coefficient (Wildman–Crippen LogP) is 1.68. The molecule has 2 saturated heterocycles. The molecule has 0 aliphatic carbocycles. The van der Waals surface area contributed by atoms with Crippen LogP contribution in [0, 0.1) is 11.3 Å². The first kappa shape index (κ1) is 14.3. The molecule has 0 saturated carbocycles. The summed E-state index contributed by atoms with van der Waals surface area (Å²) in [5.41, 5.74) is 7.28. The van der Waals surface area contributed by atoms with Crippen molar-refractivity contribution in [2.24, 2.45) is 11.7 Å². The average molecular weight is 287 g/mol. The summed E-state index contributed by atoms with van der Waals surface area (Å²) in [6.45, 7) is 5.93. The minimum absolute atomic E-state index is 0.0600. The number of nitrogens with two attached hydrogens (primary N) is 1. The summed E-state index contributed by atoms with van der Waals surface area (Å²) in [6.07, 6.45) is 6.90. The van der Waals surface area contributed by atoms with Gasteiger partial charge < -0.3 is 15.5 Å². The van der Waals surface area contributed by atoms with Gasteiger partial charge in [-0.15, -0.1) is 0 Å². The van der Waals surface area contributed by atoms with E-state index in [0.717, 1.165) is 24.7 Å². The van der Waals surface area contributed by atoms with Crippen molar-refractivity contribution in [1.29, 1.82) is 5.41 Å². The van der Waals surface area contributed by atoms with Crippen LogP contribution in [-0.4, -0.2) is 48.4 Å². The number of amidine groups is 1. The number of piperidine rings is 1. The fourth-order valence-electron chi connectivity index (χ4n) is 3.55. The van der Waals surface area contributed by atoms with Gasteiger partial charge in [-0.05, 0) is 56.8 Å². The molecular formula is C16H25N5. The highest BCUT2D eigenvalue weighted by atomic mass is 15.2. The van der Waals surface area contributed by atoms with Crippen LogP contribution in [0.1, 0.15) is 31.4 Å². The fourth-order valence-corrected chi connectivity index (χ4v) is 3.55. The quantitative estimate of drug-likeness (QED) is 0.653. The van der Waals surface area contributed by atoms with Gasteiger partial charge in [0, 0.05) is 25.8 Å². The molecule has 1 aromatic heterocycles. The molecule has 0 unspecified atom stereocenters. The third-order valence-electron chi connectivity index (χ3n) is 4.71. The van der Waals surface area contributed by atoms with E-state index in [1.807, 2.05) is 12.1 Å². The van der Waals surface area contributed by atoms with E-state index in [1.54, 1.807) is 6.20 Å². The molecule has 2 fully saturated rings. The Morgan fingerprint density at radius 1 is 1.24 bits per heavy atom. The molecule has 2 aliphatic rings. The van der Waals surface area contributed by atoms with Gasteiger partial charge in [0.1, 0.15) is 11.5 Å². The Bertz CT molecular complexity index is 487. The van der Waals surface area contributed by atoms with Gasteiger partial charge >= 0.3 is 0 Å². The Balaban J connectivity index is 1.59. The topological polar surface area (TPSA) is 69.2 Å². The largest absolute Gasteiger partial charge is 0.382 e. The minimum Gasteiger partial charge on any atom is -0.382 e. The van der Waals surface area contributed by atoms with Gasteiger partial charge in [0.25, 0.3) is 0 Å². The van der Waals surface area contributed by atoms with Crippen LogP contribution >= 0.6 is 0 Å². The minimum atomic E-state index is 0.0600. The maximum atomic E-state index is 7.67. The summed E-state index contributed by atoms with van der Waals surface area (Å²) in [6, 6.07) is 3.96. The molecule has 0 bridgehead atoms. The first-order chi connectivity index (χ1) is 10.2. The zero-order valence-corrected chi connectivity index (χ0v) is 12.6. The van der Waals surface area contributed by atoms with E-state index in [0.29, 0.717) is 5.69 Å². The van der Waals surface area contributed by atoms with E-state index in [-0.39, 0.29) is 5.84 Å². The van der Waals surface area contributed by atoms with E-state index in [1.165, 1.54) is 45.3 Å². The molecule has 0 atom stereocenters. The SMILES string of the molecule is N=C(N)c1ncccc1N1CCC(CN2CCCC2)CC1. The molecule has 0 amide bonds. The summed E-state index contributed by atoms with van der Waals surface area (Å²) in [5.74, 6) is 0.876. The van der Waals surface area contributed by atoms with E-state index < -0.39 is 0 Å². The van der Waals surface area contributed by atoms with E-state index in [2.05, 4.69) is 14.8 Å². The van der Waals surface area contributed by atoms with E-state index in [9.17, 15) is 0 Å². The number of nitrogens with one attached hydrogen (secondary N) is 1. The lowest BCUT2D eigenvalue weighted by atomic mass is 9.95. The van der Waals surface area contributed by atoms with Crippen LogP contribution in [0.3, 0.4) is 0 Å². The number of pyridine rings is 1. The highest BCUT2D eigenvalue weighted by molar-refractivity contribution is 5.98. The molecule has 5 nitrogen and oxygen atoms in total. The second kappa shape index (κ2) is 6.43. The zero-order valence-electron chi connectivity index (χ0n) is 12.6. The zero-order chi connectivity index (χ0) is 14.7. The van der Waals surface area contributed by atoms with Crippen molar-refractivity contribution >= 4 is 11.5 Å². The normalized spacial score (nSPS) is 20.9. The highest BCUT2D eigenvalue weighted by Crippen LogP contribution is 2.26. The molecule has 0 radical (unpaired) electrons. The van der Waals surface area contributed by atoms with Crippen LogP contribution < -0.4 is 10.6 Å². The summed E-state index contributed by atoms with van der Waals surface area (Å²) in [5, 5.41) is 7.67. The van der Waals surface area contributed by atoms with Gasteiger partial charge in [-0.2, -0.15) is 0 Å². The number of likely N-dealkylation sites (tertiary alicyclic amines) is 1. The number of hydrogen-bond acceptors (Lipinski definition) is 4. The Labute approximate surface area is 126 Å². The van der Waals surface area contributed by atoms with Gasteiger partial charge in [-0.25, -0.2) is 0 Å². The van der Waals surface area contributed by atoms with Crippen molar-refractivity contribution in [3.05, 3.63) is 24.0 Å². The van der Waals surface area contributed by atoms with Crippen molar-refractivity contribution in [2.75, 3.05) is 37.6 Å². The van der Waals surface area contributed by atoms with Crippen molar-refractivity contribution in [3.63, 3.8) is 0 Å². The molecule has 1 aromatic rings. The molecule has 21 heavy (non-hydrogen) atoms. The van der Waals surface area contributed by atoms with Gasteiger partial charge in [0.15, 0.2) is 0 Å². The second-order valence-corrected chi connectivity index (χ2v) is 6.22. The number of anilines is 1. The lowest BCUT2D eigenvalue weighted by molar-refractivity contribution is 0.249. The molecule has 0 aromatic carbocycles. The molecule has 3 N–H and O–H groups in total. The average Bonchev–Trinajstić information content (AvgIpc) is 3.01. The van der Waals surface area contributed by atoms with Gasteiger partial charge in [-0.1, -0.05) is 0 Å². The lowest BCUT2D eigenvalue weighted by Gasteiger charge is -2.35. The maximum absolute atomic E-state index is 7.67. The number of rotatable bonds is 4. The fraction of sp³-hybridized carbons (Fsp3) is 0.625. The van der Waals surface area contributed by atoms with Gasteiger partial charge in [0.2, 0.25) is 0 Å². The Hall–Kier alpha value is -1.62. The third kappa shape index (κ3) is 3.35. The van der Waals surface area contributed by atoms with Crippen molar-refractivity contribution in [1.82, 2.24) is 9.88 Å². The predicted molar refractivity (Wildman–Crippen MR) is 85.9 cm³/mol. The monoisotopic (exact) mass is 287 g/mol. The van der Waals surface area contributed by atoms with Crippen molar-refractivity contribution in [2.45, 2.75) is 25.7 Å². The molecule has 0 spiro atoms. The molecule has 5 heteroatoms. The van der Waals surface area contributed by atoms with Crippen molar-refractivity contribution in [3.8, 4) is 0 Å². The highest BCUT2D eigenvalue weighted by Gasteiger charge is 2.24.